The van der Waals surface area contributed by atoms with Crippen molar-refractivity contribution >= 4 is 17.6 Å². The van der Waals surface area contributed by atoms with Crippen LogP contribution in [0.15, 0.2) is 29.3 Å². The summed E-state index contributed by atoms with van der Waals surface area (Å²) in [7, 11) is 0. The summed E-state index contributed by atoms with van der Waals surface area (Å²) < 4.78 is 11.6. The Morgan fingerprint density at radius 2 is 1.96 bits per heavy atom. The molecule has 0 aliphatic carbocycles. The molecule has 1 atom stereocenters. The molecule has 5 nitrogen and oxygen atoms in total. The molecule has 1 aromatic rings. The average molecular weight is 368 g/mol. The van der Waals surface area contributed by atoms with Gasteiger partial charge >= 0.3 is 0 Å². The minimum Gasteiger partial charge on any atom is -0.489 e. The predicted octanol–water partition coefficient (Wildman–Crippen LogP) is 3.57. The van der Waals surface area contributed by atoms with Crippen LogP contribution >= 0.6 is 11.6 Å². The van der Waals surface area contributed by atoms with E-state index in [-0.39, 0.29) is 6.10 Å². The minimum absolute atomic E-state index is 0.00389. The average Bonchev–Trinajstić information content (AvgIpc) is 2.62. The van der Waals surface area contributed by atoms with E-state index in [4.69, 9.17) is 26.1 Å². The molecule has 1 fully saturated rings. The monoisotopic (exact) mass is 367 g/mol. The van der Waals surface area contributed by atoms with Crippen LogP contribution in [0.4, 0.5) is 0 Å². The first-order valence-electron chi connectivity index (χ1n) is 9.19. The Labute approximate surface area is 156 Å². The molecular weight excluding hydrogens is 338 g/mol. The molecule has 1 heterocycles. The van der Waals surface area contributed by atoms with Crippen LogP contribution in [0.25, 0.3) is 0 Å². The number of nitrogens with zero attached hydrogens (tertiary/aromatic N) is 2. The maximum Gasteiger partial charge on any atom is 0.194 e. The summed E-state index contributed by atoms with van der Waals surface area (Å²) in [6.07, 6.45) is 2.48. The lowest BCUT2D eigenvalue weighted by molar-refractivity contribution is 0.0263. The van der Waals surface area contributed by atoms with Gasteiger partial charge in [0.1, 0.15) is 11.9 Å². The molecule has 0 aromatic heterocycles. The summed E-state index contributed by atoms with van der Waals surface area (Å²) in [6, 6.07) is 7.43. The van der Waals surface area contributed by atoms with E-state index >= 15 is 0 Å². The molecule has 0 radical (unpaired) electrons. The molecule has 1 aliphatic heterocycles. The van der Waals surface area contributed by atoms with Gasteiger partial charge in [-0.25, -0.2) is 4.99 Å². The quantitative estimate of drug-likeness (QED) is 0.591. The largest absolute Gasteiger partial charge is 0.489 e. The van der Waals surface area contributed by atoms with Gasteiger partial charge in [0, 0.05) is 31.3 Å². The van der Waals surface area contributed by atoms with E-state index in [1.807, 2.05) is 31.2 Å². The Morgan fingerprint density at radius 1 is 1.28 bits per heavy atom. The van der Waals surface area contributed by atoms with Crippen LogP contribution < -0.4 is 10.1 Å². The van der Waals surface area contributed by atoms with Gasteiger partial charge in [-0.1, -0.05) is 11.6 Å². The summed E-state index contributed by atoms with van der Waals surface area (Å²) in [5, 5.41) is 4.10. The van der Waals surface area contributed by atoms with Crippen LogP contribution in [0.5, 0.6) is 5.75 Å². The Balaban J connectivity index is 1.87. The van der Waals surface area contributed by atoms with E-state index in [9.17, 15) is 0 Å². The zero-order valence-electron chi connectivity index (χ0n) is 15.5. The number of hydrogen-bond donors (Lipinski definition) is 1. The maximum absolute atomic E-state index is 5.90. The van der Waals surface area contributed by atoms with Crippen molar-refractivity contribution in [3.63, 3.8) is 0 Å². The molecule has 25 heavy (non-hydrogen) atoms. The van der Waals surface area contributed by atoms with Crippen molar-refractivity contribution < 1.29 is 9.47 Å². The highest BCUT2D eigenvalue weighted by Gasteiger charge is 2.21. The Hall–Kier alpha value is -1.46. The molecule has 1 aromatic carbocycles. The first-order chi connectivity index (χ1) is 12.1. The standard InChI is InChI=1S/C19H30ClN3O2/c1-4-21-19(23-12-10-17(11-13-23)24-5-2)22-14-15(3)25-18-8-6-16(20)7-9-18/h6-9,15,17H,4-5,10-14H2,1-3H3,(H,21,22). The third-order valence-electron chi connectivity index (χ3n) is 4.13. The van der Waals surface area contributed by atoms with Gasteiger partial charge < -0.3 is 19.7 Å². The Kier molecular flexibility index (Phi) is 8.35. The molecule has 140 valence electrons. The van der Waals surface area contributed by atoms with Crippen LogP contribution in [0.3, 0.4) is 0 Å². The number of likely N-dealkylation sites (tertiary alicyclic amines) is 1. The van der Waals surface area contributed by atoms with E-state index in [1.54, 1.807) is 0 Å². The van der Waals surface area contributed by atoms with Crippen molar-refractivity contribution in [2.75, 3.05) is 32.8 Å². The lowest BCUT2D eigenvalue weighted by Crippen LogP contribution is -2.47. The van der Waals surface area contributed by atoms with Crippen molar-refractivity contribution in [3.05, 3.63) is 29.3 Å². The van der Waals surface area contributed by atoms with Crippen LogP contribution in [-0.4, -0.2) is 55.9 Å². The first-order valence-corrected chi connectivity index (χ1v) is 9.57. The fourth-order valence-corrected chi connectivity index (χ4v) is 3.02. The van der Waals surface area contributed by atoms with Gasteiger partial charge in [0.2, 0.25) is 0 Å². The topological polar surface area (TPSA) is 46.1 Å². The molecular formula is C19H30ClN3O2. The number of hydrogen-bond acceptors (Lipinski definition) is 3. The number of benzene rings is 1. The van der Waals surface area contributed by atoms with Crippen molar-refractivity contribution in [1.29, 1.82) is 0 Å². The Bertz CT molecular complexity index is 528. The summed E-state index contributed by atoms with van der Waals surface area (Å²) in [6.45, 7) is 10.4. The molecule has 1 unspecified atom stereocenters. The van der Waals surface area contributed by atoms with Crippen LogP contribution in [0.1, 0.15) is 33.6 Å². The number of aliphatic imine (C=N–C) groups is 1. The van der Waals surface area contributed by atoms with Gasteiger partial charge in [-0.15, -0.1) is 0 Å². The second-order valence-corrected chi connectivity index (χ2v) is 6.66. The highest BCUT2D eigenvalue weighted by atomic mass is 35.5. The van der Waals surface area contributed by atoms with Gasteiger partial charge in [-0.3, -0.25) is 0 Å². The minimum atomic E-state index is -0.00389. The van der Waals surface area contributed by atoms with Gasteiger partial charge in [0.15, 0.2) is 5.96 Å². The van der Waals surface area contributed by atoms with Crippen LogP contribution in [0.2, 0.25) is 5.02 Å². The van der Waals surface area contributed by atoms with Crippen molar-refractivity contribution in [2.45, 2.75) is 45.8 Å². The number of ether oxygens (including phenoxy) is 2. The molecule has 0 spiro atoms. The van der Waals surface area contributed by atoms with Crippen molar-refractivity contribution in [1.82, 2.24) is 10.2 Å². The van der Waals surface area contributed by atoms with E-state index in [2.05, 4.69) is 24.1 Å². The SMILES string of the molecule is CCNC(=NCC(C)Oc1ccc(Cl)cc1)N1CCC(OCC)CC1. The molecule has 2 rings (SSSR count). The summed E-state index contributed by atoms with van der Waals surface area (Å²) in [5.41, 5.74) is 0. The predicted molar refractivity (Wildman–Crippen MR) is 104 cm³/mol. The summed E-state index contributed by atoms with van der Waals surface area (Å²) in [5.74, 6) is 1.78. The van der Waals surface area contributed by atoms with Crippen LogP contribution in [-0.2, 0) is 4.74 Å². The van der Waals surface area contributed by atoms with Gasteiger partial charge in [-0.2, -0.15) is 0 Å². The smallest absolute Gasteiger partial charge is 0.194 e. The van der Waals surface area contributed by atoms with E-state index in [0.717, 1.165) is 50.8 Å². The number of guanidine groups is 1. The molecule has 0 amide bonds. The second kappa shape index (κ2) is 10.5. The molecule has 0 saturated carbocycles. The van der Waals surface area contributed by atoms with E-state index < -0.39 is 0 Å². The van der Waals surface area contributed by atoms with E-state index in [1.165, 1.54) is 0 Å². The van der Waals surface area contributed by atoms with Crippen LogP contribution in [0, 0.1) is 0 Å². The van der Waals surface area contributed by atoms with Gasteiger partial charge in [-0.05, 0) is 57.9 Å². The molecule has 6 heteroatoms. The second-order valence-electron chi connectivity index (χ2n) is 6.22. The highest BCUT2D eigenvalue weighted by Crippen LogP contribution is 2.17. The number of halogens is 1. The number of piperidine rings is 1. The fourth-order valence-electron chi connectivity index (χ4n) is 2.89. The van der Waals surface area contributed by atoms with Gasteiger partial charge in [0.05, 0.1) is 12.6 Å². The number of rotatable bonds is 7. The van der Waals surface area contributed by atoms with Crippen molar-refractivity contribution in [3.8, 4) is 5.75 Å². The van der Waals surface area contributed by atoms with Gasteiger partial charge in [0.25, 0.3) is 0 Å². The summed E-state index contributed by atoms with van der Waals surface area (Å²) >= 11 is 5.90. The lowest BCUT2D eigenvalue weighted by Gasteiger charge is -2.34. The normalized spacial score (nSPS) is 17.4. The molecule has 1 N–H and O–H groups in total. The zero-order valence-corrected chi connectivity index (χ0v) is 16.3. The Morgan fingerprint density at radius 3 is 2.56 bits per heavy atom. The molecule has 1 aliphatic rings. The fraction of sp³-hybridized carbons (Fsp3) is 0.632. The summed E-state index contributed by atoms with van der Waals surface area (Å²) in [4.78, 5) is 7.07. The molecule has 0 bridgehead atoms. The van der Waals surface area contributed by atoms with Crippen molar-refractivity contribution in [2.24, 2.45) is 4.99 Å². The third kappa shape index (κ3) is 6.75. The maximum atomic E-state index is 5.90. The number of nitrogens with one attached hydrogen (secondary N) is 1. The zero-order chi connectivity index (χ0) is 18.1. The third-order valence-corrected chi connectivity index (χ3v) is 4.38. The first kappa shape index (κ1) is 19.9. The lowest BCUT2D eigenvalue weighted by atomic mass is 10.1. The molecule has 1 saturated heterocycles. The van der Waals surface area contributed by atoms with E-state index in [0.29, 0.717) is 17.7 Å². The highest BCUT2D eigenvalue weighted by molar-refractivity contribution is 6.30.